The second kappa shape index (κ2) is 9.65. The molecule has 0 radical (unpaired) electrons. The van der Waals surface area contributed by atoms with Crippen LogP contribution >= 0.6 is 15.9 Å². The maximum atomic E-state index is 12.8. The maximum Gasteiger partial charge on any atom is 0.325 e. The number of imide groups is 2. The summed E-state index contributed by atoms with van der Waals surface area (Å²) in [6.07, 6.45) is 0.605. The van der Waals surface area contributed by atoms with Gasteiger partial charge in [-0.2, -0.15) is 0 Å². The van der Waals surface area contributed by atoms with E-state index in [1.165, 1.54) is 0 Å². The molecule has 10 heteroatoms. The van der Waals surface area contributed by atoms with E-state index in [9.17, 15) is 19.2 Å². The van der Waals surface area contributed by atoms with Crippen molar-refractivity contribution >= 4 is 39.8 Å². The van der Waals surface area contributed by atoms with Crippen molar-refractivity contribution in [2.45, 2.75) is 25.8 Å². The summed E-state index contributed by atoms with van der Waals surface area (Å²) in [5.41, 5.74) is -0.710. The Balaban J connectivity index is 1.91. The Labute approximate surface area is 171 Å². The number of ether oxygens (including phenoxy) is 1. The normalized spacial score (nSPS) is 18.8. The fourth-order valence-electron chi connectivity index (χ4n) is 2.71. The number of benzene rings is 1. The molecule has 1 aliphatic rings. The average molecular weight is 455 g/mol. The number of halogens is 1. The van der Waals surface area contributed by atoms with Crippen LogP contribution in [0.2, 0.25) is 0 Å². The van der Waals surface area contributed by atoms with E-state index in [2.05, 4.69) is 31.9 Å². The van der Waals surface area contributed by atoms with Crippen molar-refractivity contribution in [3.63, 3.8) is 0 Å². The molecule has 1 aromatic rings. The highest BCUT2D eigenvalue weighted by atomic mass is 79.9. The van der Waals surface area contributed by atoms with E-state index < -0.39 is 36.0 Å². The minimum Gasteiger partial charge on any atom is -0.382 e. The molecule has 152 valence electrons. The van der Waals surface area contributed by atoms with E-state index >= 15 is 0 Å². The van der Waals surface area contributed by atoms with Crippen molar-refractivity contribution in [2.75, 3.05) is 26.3 Å². The molecule has 0 aliphatic carbocycles. The van der Waals surface area contributed by atoms with Gasteiger partial charge in [0.25, 0.3) is 5.91 Å². The van der Waals surface area contributed by atoms with E-state index in [1.807, 2.05) is 6.92 Å². The van der Waals surface area contributed by atoms with Gasteiger partial charge in [-0.1, -0.05) is 28.1 Å². The molecule has 0 spiro atoms. The largest absolute Gasteiger partial charge is 0.382 e. The predicted molar refractivity (Wildman–Crippen MR) is 104 cm³/mol. The number of nitrogens with one attached hydrogen (secondary N) is 3. The summed E-state index contributed by atoms with van der Waals surface area (Å²) in [6.45, 7) is 4.31. The molecule has 1 atom stereocenters. The lowest BCUT2D eigenvalue weighted by molar-refractivity contribution is -0.134. The van der Waals surface area contributed by atoms with Gasteiger partial charge in [0.2, 0.25) is 5.91 Å². The summed E-state index contributed by atoms with van der Waals surface area (Å²) in [5.74, 6) is -1.33. The molecular formula is C18H23BrN4O5. The van der Waals surface area contributed by atoms with Crippen molar-refractivity contribution in [3.05, 3.63) is 34.3 Å². The number of rotatable bonds is 8. The van der Waals surface area contributed by atoms with Crippen molar-refractivity contribution < 1.29 is 23.9 Å². The molecule has 0 aromatic heterocycles. The van der Waals surface area contributed by atoms with E-state index in [0.717, 1.165) is 9.37 Å². The van der Waals surface area contributed by atoms with Gasteiger partial charge in [0.15, 0.2) is 0 Å². The standard InChI is InChI=1S/C18H23BrN4O5/c1-3-28-9-5-8-20-16(26)21-14(24)11-23-15(25)18(2,22-17(23)27)12-6-4-7-13(19)10-12/h4,6-7,10H,3,5,8-9,11H2,1-2H3,(H,22,27)(H2,20,21,24,26). The summed E-state index contributed by atoms with van der Waals surface area (Å²) in [4.78, 5) is 49.6. The first-order valence-corrected chi connectivity index (χ1v) is 9.62. The first kappa shape index (κ1) is 21.8. The van der Waals surface area contributed by atoms with Crippen LogP contribution in [-0.4, -0.2) is 55.1 Å². The third-order valence-electron chi connectivity index (χ3n) is 4.19. The number of nitrogens with zero attached hydrogens (tertiary/aromatic N) is 1. The van der Waals surface area contributed by atoms with Crippen LogP contribution < -0.4 is 16.0 Å². The fourth-order valence-corrected chi connectivity index (χ4v) is 3.11. The SMILES string of the molecule is CCOCCCNC(=O)NC(=O)CN1C(=O)NC(C)(c2cccc(Br)c2)C1=O. The van der Waals surface area contributed by atoms with Gasteiger partial charge >= 0.3 is 12.1 Å². The minimum absolute atomic E-state index is 0.337. The number of carbonyl (C=O) groups is 4. The molecule has 1 saturated heterocycles. The summed E-state index contributed by atoms with van der Waals surface area (Å²) in [6, 6.07) is 5.59. The lowest BCUT2D eigenvalue weighted by Crippen LogP contribution is -2.47. The monoisotopic (exact) mass is 454 g/mol. The smallest absolute Gasteiger partial charge is 0.325 e. The third-order valence-corrected chi connectivity index (χ3v) is 4.68. The lowest BCUT2D eigenvalue weighted by atomic mass is 9.92. The zero-order chi connectivity index (χ0) is 20.7. The Hall–Kier alpha value is -2.46. The van der Waals surface area contributed by atoms with Gasteiger partial charge in [-0.15, -0.1) is 0 Å². The van der Waals surface area contributed by atoms with Gasteiger partial charge in [-0.25, -0.2) is 9.59 Å². The Kier molecular flexibility index (Phi) is 7.53. The molecule has 1 fully saturated rings. The van der Waals surface area contributed by atoms with Gasteiger partial charge in [0.05, 0.1) is 0 Å². The van der Waals surface area contributed by atoms with Crippen molar-refractivity contribution in [2.24, 2.45) is 0 Å². The Morgan fingerprint density at radius 2 is 2.07 bits per heavy atom. The van der Waals surface area contributed by atoms with Gasteiger partial charge in [0, 0.05) is 24.2 Å². The molecule has 0 saturated carbocycles. The number of amides is 6. The topological polar surface area (TPSA) is 117 Å². The van der Waals surface area contributed by atoms with Crippen LogP contribution in [0.3, 0.4) is 0 Å². The van der Waals surface area contributed by atoms with Crippen LogP contribution in [0.1, 0.15) is 25.8 Å². The van der Waals surface area contributed by atoms with Gasteiger partial charge in [0.1, 0.15) is 12.1 Å². The van der Waals surface area contributed by atoms with E-state index in [4.69, 9.17) is 4.74 Å². The van der Waals surface area contributed by atoms with Crippen molar-refractivity contribution in [1.82, 2.24) is 20.9 Å². The summed E-state index contributed by atoms with van der Waals surface area (Å²) in [7, 11) is 0. The highest BCUT2D eigenvalue weighted by Crippen LogP contribution is 2.30. The average Bonchev–Trinajstić information content (AvgIpc) is 2.85. The second-order valence-corrected chi connectivity index (χ2v) is 7.23. The number of hydrogen-bond donors (Lipinski definition) is 3. The highest BCUT2D eigenvalue weighted by molar-refractivity contribution is 9.10. The quantitative estimate of drug-likeness (QED) is 0.406. The van der Waals surface area contributed by atoms with Crippen LogP contribution in [0.5, 0.6) is 0 Å². The summed E-state index contributed by atoms with van der Waals surface area (Å²) >= 11 is 3.33. The molecule has 28 heavy (non-hydrogen) atoms. The third kappa shape index (κ3) is 5.29. The lowest BCUT2D eigenvalue weighted by Gasteiger charge is -2.22. The zero-order valence-corrected chi connectivity index (χ0v) is 17.3. The maximum absolute atomic E-state index is 12.8. The van der Waals surface area contributed by atoms with Crippen LogP contribution in [-0.2, 0) is 19.9 Å². The number of carbonyl (C=O) groups excluding carboxylic acids is 4. The molecule has 3 N–H and O–H groups in total. The molecule has 0 bridgehead atoms. The van der Waals surface area contributed by atoms with Crippen molar-refractivity contribution in [1.29, 1.82) is 0 Å². The first-order valence-electron chi connectivity index (χ1n) is 8.83. The van der Waals surface area contributed by atoms with E-state index in [1.54, 1.807) is 31.2 Å². The summed E-state index contributed by atoms with van der Waals surface area (Å²) < 4.78 is 5.90. The molecular weight excluding hydrogens is 432 g/mol. The first-order chi connectivity index (χ1) is 13.3. The van der Waals surface area contributed by atoms with Crippen LogP contribution in [0.4, 0.5) is 9.59 Å². The Morgan fingerprint density at radius 3 is 2.75 bits per heavy atom. The Bertz CT molecular complexity index is 772. The molecule has 9 nitrogen and oxygen atoms in total. The summed E-state index contributed by atoms with van der Waals surface area (Å²) in [5, 5.41) is 7.22. The van der Waals surface area contributed by atoms with E-state index in [0.29, 0.717) is 31.7 Å². The number of hydrogen-bond acceptors (Lipinski definition) is 5. The minimum atomic E-state index is -1.29. The predicted octanol–water partition coefficient (Wildman–Crippen LogP) is 1.47. The molecule has 2 rings (SSSR count). The molecule has 1 heterocycles. The molecule has 6 amide bonds. The number of urea groups is 2. The van der Waals surface area contributed by atoms with Gasteiger partial charge < -0.3 is 15.4 Å². The zero-order valence-electron chi connectivity index (χ0n) is 15.7. The van der Waals surface area contributed by atoms with Crippen LogP contribution in [0.25, 0.3) is 0 Å². The van der Waals surface area contributed by atoms with Crippen molar-refractivity contribution in [3.8, 4) is 0 Å². The second-order valence-electron chi connectivity index (χ2n) is 6.31. The van der Waals surface area contributed by atoms with Gasteiger partial charge in [-0.3, -0.25) is 19.8 Å². The molecule has 1 unspecified atom stereocenters. The molecule has 1 aromatic carbocycles. The Morgan fingerprint density at radius 1 is 1.32 bits per heavy atom. The fraction of sp³-hybridized carbons (Fsp3) is 0.444. The van der Waals surface area contributed by atoms with Gasteiger partial charge in [-0.05, 0) is 38.0 Å². The van der Waals surface area contributed by atoms with Crippen LogP contribution in [0.15, 0.2) is 28.7 Å². The highest BCUT2D eigenvalue weighted by Gasteiger charge is 2.49. The van der Waals surface area contributed by atoms with Crippen LogP contribution in [0, 0.1) is 0 Å². The van der Waals surface area contributed by atoms with E-state index in [-0.39, 0.29) is 0 Å². The molecule has 1 aliphatic heterocycles.